The molecule has 0 unspecified atom stereocenters. The second-order valence-electron chi connectivity index (χ2n) is 6.38. The predicted molar refractivity (Wildman–Crippen MR) is 81.2 cm³/mol. The molecule has 0 aromatic carbocycles. The Morgan fingerprint density at radius 1 is 1.19 bits per heavy atom. The molecule has 0 aliphatic heterocycles. The normalized spacial score (nSPS) is 21.3. The Kier molecular flexibility index (Phi) is 6.35. The first-order valence-electron chi connectivity index (χ1n) is 8.14. The SMILES string of the molecule is O=C(NCc1ccnc(CC(F)(F)F)c1)N[C@@H]1CCC[C@H](C(F)(F)F)C1. The van der Waals surface area contributed by atoms with E-state index < -0.39 is 36.8 Å². The van der Waals surface area contributed by atoms with E-state index in [0.717, 1.165) is 0 Å². The van der Waals surface area contributed by atoms with Crippen LogP contribution in [0.5, 0.6) is 0 Å². The van der Waals surface area contributed by atoms with E-state index in [9.17, 15) is 31.1 Å². The summed E-state index contributed by atoms with van der Waals surface area (Å²) in [5.41, 5.74) is 0.253. The van der Waals surface area contributed by atoms with Crippen LogP contribution in [-0.4, -0.2) is 29.4 Å². The van der Waals surface area contributed by atoms with Crippen molar-refractivity contribution in [3.8, 4) is 0 Å². The van der Waals surface area contributed by atoms with Crippen molar-refractivity contribution in [2.75, 3.05) is 0 Å². The quantitative estimate of drug-likeness (QED) is 0.769. The zero-order valence-corrected chi connectivity index (χ0v) is 13.8. The Labute approximate surface area is 146 Å². The molecule has 1 fully saturated rings. The molecule has 2 amide bonds. The molecule has 2 atom stereocenters. The molecule has 1 aliphatic rings. The van der Waals surface area contributed by atoms with Gasteiger partial charge in [0.2, 0.25) is 0 Å². The smallest absolute Gasteiger partial charge is 0.335 e. The number of pyridine rings is 1. The Morgan fingerprint density at radius 3 is 2.58 bits per heavy atom. The summed E-state index contributed by atoms with van der Waals surface area (Å²) < 4.78 is 75.4. The number of nitrogens with one attached hydrogen (secondary N) is 2. The molecular weight excluding hydrogens is 364 g/mol. The lowest BCUT2D eigenvalue weighted by Crippen LogP contribution is -2.45. The topological polar surface area (TPSA) is 54.0 Å². The molecular formula is C16H19F6N3O. The van der Waals surface area contributed by atoms with Crippen molar-refractivity contribution >= 4 is 6.03 Å². The number of urea groups is 1. The molecule has 0 bridgehead atoms. The summed E-state index contributed by atoms with van der Waals surface area (Å²) in [5.74, 6) is -1.42. The van der Waals surface area contributed by atoms with Crippen LogP contribution < -0.4 is 10.6 Å². The number of hydrogen-bond acceptors (Lipinski definition) is 2. The summed E-state index contributed by atoms with van der Waals surface area (Å²) in [6.45, 7) is -0.0470. The van der Waals surface area contributed by atoms with Crippen molar-refractivity contribution in [1.82, 2.24) is 15.6 Å². The van der Waals surface area contributed by atoms with Gasteiger partial charge in [0.1, 0.15) is 0 Å². The van der Waals surface area contributed by atoms with Gasteiger partial charge in [-0.25, -0.2) is 4.79 Å². The molecule has 2 N–H and O–H groups in total. The minimum absolute atomic E-state index is 0.0470. The second kappa shape index (κ2) is 8.13. The number of carbonyl (C=O) groups excluding carboxylic acids is 1. The first kappa shape index (κ1) is 20.3. The summed E-state index contributed by atoms with van der Waals surface area (Å²) in [5, 5.41) is 4.95. The van der Waals surface area contributed by atoms with Crippen LogP contribution in [0.4, 0.5) is 31.1 Å². The monoisotopic (exact) mass is 383 g/mol. The minimum atomic E-state index is -4.38. The lowest BCUT2D eigenvalue weighted by molar-refractivity contribution is -0.183. The van der Waals surface area contributed by atoms with E-state index in [1.165, 1.54) is 18.3 Å². The Morgan fingerprint density at radius 2 is 1.92 bits per heavy atom. The van der Waals surface area contributed by atoms with Crippen LogP contribution in [0.15, 0.2) is 18.3 Å². The van der Waals surface area contributed by atoms with Crippen LogP contribution in [0.1, 0.15) is 36.9 Å². The van der Waals surface area contributed by atoms with Crippen molar-refractivity contribution in [1.29, 1.82) is 0 Å². The average Bonchev–Trinajstić information content (AvgIpc) is 2.51. The summed E-state index contributed by atoms with van der Waals surface area (Å²) in [7, 11) is 0. The third-order valence-corrected chi connectivity index (χ3v) is 4.19. The molecule has 10 heteroatoms. The van der Waals surface area contributed by atoms with Crippen LogP contribution in [0, 0.1) is 5.92 Å². The maximum Gasteiger partial charge on any atom is 0.394 e. The second-order valence-corrected chi connectivity index (χ2v) is 6.38. The van der Waals surface area contributed by atoms with Crippen LogP contribution in [-0.2, 0) is 13.0 Å². The van der Waals surface area contributed by atoms with Crippen molar-refractivity contribution < 1.29 is 31.1 Å². The van der Waals surface area contributed by atoms with Crippen LogP contribution >= 0.6 is 0 Å². The van der Waals surface area contributed by atoms with Gasteiger partial charge in [0.15, 0.2) is 0 Å². The molecule has 1 aliphatic carbocycles. The molecule has 0 saturated heterocycles. The van der Waals surface area contributed by atoms with Gasteiger partial charge in [0, 0.05) is 24.5 Å². The van der Waals surface area contributed by atoms with Crippen LogP contribution in [0.3, 0.4) is 0 Å². The fourth-order valence-corrected chi connectivity index (χ4v) is 2.98. The van der Waals surface area contributed by atoms with Crippen molar-refractivity contribution in [3.63, 3.8) is 0 Å². The fourth-order valence-electron chi connectivity index (χ4n) is 2.98. The third-order valence-electron chi connectivity index (χ3n) is 4.19. The molecule has 2 rings (SSSR count). The van der Waals surface area contributed by atoms with Crippen molar-refractivity contribution in [2.45, 2.75) is 57.0 Å². The van der Waals surface area contributed by atoms with E-state index >= 15 is 0 Å². The van der Waals surface area contributed by atoms with Gasteiger partial charge in [-0.15, -0.1) is 0 Å². The van der Waals surface area contributed by atoms with E-state index in [-0.39, 0.29) is 25.1 Å². The number of aromatic nitrogens is 1. The molecule has 1 aromatic rings. The summed E-state index contributed by atoms with van der Waals surface area (Å²) in [6, 6.07) is 1.47. The number of halogens is 6. The fraction of sp³-hybridized carbons (Fsp3) is 0.625. The molecule has 1 heterocycles. The molecule has 1 saturated carbocycles. The van der Waals surface area contributed by atoms with E-state index in [1.54, 1.807) is 0 Å². The highest BCUT2D eigenvalue weighted by molar-refractivity contribution is 5.74. The Hall–Kier alpha value is -2.00. The maximum atomic E-state index is 12.8. The van der Waals surface area contributed by atoms with Crippen LogP contribution in [0.2, 0.25) is 0 Å². The lowest BCUT2D eigenvalue weighted by atomic mass is 9.85. The molecule has 0 spiro atoms. The van der Waals surface area contributed by atoms with Crippen LogP contribution in [0.25, 0.3) is 0 Å². The Balaban J connectivity index is 1.82. The molecule has 0 radical (unpaired) electrons. The van der Waals surface area contributed by atoms with Gasteiger partial charge in [-0.1, -0.05) is 6.42 Å². The Bertz CT molecular complexity index is 617. The number of carbonyl (C=O) groups is 1. The molecule has 4 nitrogen and oxygen atoms in total. The first-order valence-corrected chi connectivity index (χ1v) is 8.14. The molecule has 1 aromatic heterocycles. The summed E-state index contributed by atoms with van der Waals surface area (Å²) in [4.78, 5) is 15.5. The van der Waals surface area contributed by atoms with Gasteiger partial charge in [-0.3, -0.25) is 4.98 Å². The summed E-state index contributed by atoms with van der Waals surface area (Å²) in [6.07, 6.45) is -7.89. The molecule has 146 valence electrons. The number of alkyl halides is 6. The highest BCUT2D eigenvalue weighted by Gasteiger charge is 2.42. The lowest BCUT2D eigenvalue weighted by Gasteiger charge is -2.31. The van der Waals surface area contributed by atoms with Gasteiger partial charge in [-0.05, 0) is 37.0 Å². The number of rotatable bonds is 4. The van der Waals surface area contributed by atoms with Gasteiger partial charge >= 0.3 is 18.4 Å². The van der Waals surface area contributed by atoms with Gasteiger partial charge in [-0.2, -0.15) is 26.3 Å². The minimum Gasteiger partial charge on any atom is -0.335 e. The number of nitrogens with zero attached hydrogens (tertiary/aromatic N) is 1. The predicted octanol–water partition coefficient (Wildman–Crippen LogP) is 4.11. The first-order chi connectivity index (χ1) is 12.0. The van der Waals surface area contributed by atoms with Gasteiger partial charge < -0.3 is 10.6 Å². The zero-order chi connectivity index (χ0) is 19.4. The van der Waals surface area contributed by atoms with Crippen molar-refractivity contribution in [3.05, 3.63) is 29.6 Å². The van der Waals surface area contributed by atoms with E-state index in [4.69, 9.17) is 0 Å². The van der Waals surface area contributed by atoms with Crippen molar-refractivity contribution in [2.24, 2.45) is 5.92 Å². The summed E-state index contributed by atoms with van der Waals surface area (Å²) >= 11 is 0. The third kappa shape index (κ3) is 6.72. The highest BCUT2D eigenvalue weighted by Crippen LogP contribution is 2.37. The number of hydrogen-bond donors (Lipinski definition) is 2. The highest BCUT2D eigenvalue weighted by atomic mass is 19.4. The zero-order valence-electron chi connectivity index (χ0n) is 13.8. The average molecular weight is 383 g/mol. The van der Waals surface area contributed by atoms with E-state index in [1.807, 2.05) is 0 Å². The number of amides is 2. The van der Waals surface area contributed by atoms with E-state index in [2.05, 4.69) is 15.6 Å². The van der Waals surface area contributed by atoms with Gasteiger partial charge in [0.25, 0.3) is 0 Å². The standard InChI is InChI=1S/C16H19F6N3O/c17-15(18,19)8-13-6-10(4-5-23-13)9-24-14(26)25-12-3-1-2-11(7-12)16(20,21)22/h4-6,11-12H,1-3,7-9H2,(H2,24,25,26)/t11-,12+/m0/s1. The maximum absolute atomic E-state index is 12.8. The molecule has 26 heavy (non-hydrogen) atoms. The largest absolute Gasteiger partial charge is 0.394 e. The van der Waals surface area contributed by atoms with Gasteiger partial charge in [0.05, 0.1) is 12.3 Å². The van der Waals surface area contributed by atoms with E-state index in [0.29, 0.717) is 18.4 Å².